The topological polar surface area (TPSA) is 64.4 Å². The van der Waals surface area contributed by atoms with Crippen LogP contribution >= 0.6 is 0 Å². The van der Waals surface area contributed by atoms with Crippen molar-refractivity contribution in [3.05, 3.63) is 29.8 Å². The summed E-state index contributed by atoms with van der Waals surface area (Å²) in [7, 11) is 1.62. The summed E-state index contributed by atoms with van der Waals surface area (Å²) < 4.78 is 5.29. The molecule has 4 heteroatoms. The Morgan fingerprint density at radius 3 is 2.58 bits per heavy atom. The summed E-state index contributed by atoms with van der Waals surface area (Å²) in [6.45, 7) is 5.94. The van der Waals surface area contributed by atoms with E-state index in [4.69, 9.17) is 10.5 Å². The number of rotatable bonds is 6. The van der Waals surface area contributed by atoms with Gasteiger partial charge in [-0.15, -0.1) is 0 Å². The van der Waals surface area contributed by atoms with Crippen LogP contribution in [0.25, 0.3) is 0 Å². The summed E-state index contributed by atoms with van der Waals surface area (Å²) in [6.07, 6.45) is 0.887. The van der Waals surface area contributed by atoms with E-state index in [0.717, 1.165) is 17.7 Å². The Hall–Kier alpha value is -1.55. The number of benzene rings is 1. The third kappa shape index (κ3) is 3.96. The van der Waals surface area contributed by atoms with E-state index in [0.29, 0.717) is 0 Å². The van der Waals surface area contributed by atoms with Crippen LogP contribution in [-0.2, 0) is 4.79 Å². The third-order valence-corrected chi connectivity index (χ3v) is 3.52. The van der Waals surface area contributed by atoms with Gasteiger partial charge in [0.2, 0.25) is 5.91 Å². The van der Waals surface area contributed by atoms with Crippen LogP contribution in [0.5, 0.6) is 5.75 Å². The van der Waals surface area contributed by atoms with Gasteiger partial charge < -0.3 is 15.8 Å². The molecule has 19 heavy (non-hydrogen) atoms. The predicted octanol–water partition coefficient (Wildman–Crippen LogP) is 2.25. The molecule has 2 unspecified atom stereocenters. The highest BCUT2D eigenvalue weighted by Crippen LogP contribution is 2.24. The lowest BCUT2D eigenvalue weighted by Gasteiger charge is -2.22. The van der Waals surface area contributed by atoms with Gasteiger partial charge >= 0.3 is 0 Å². The summed E-state index contributed by atoms with van der Waals surface area (Å²) in [6, 6.07) is 7.06. The molecule has 3 atom stereocenters. The Labute approximate surface area is 115 Å². The summed E-state index contributed by atoms with van der Waals surface area (Å²) in [5.74, 6) is 0.824. The average Bonchev–Trinajstić information content (AvgIpc) is 2.45. The van der Waals surface area contributed by atoms with Crippen molar-refractivity contribution in [1.29, 1.82) is 0 Å². The van der Waals surface area contributed by atoms with Gasteiger partial charge in [-0.25, -0.2) is 0 Å². The molecule has 0 aromatic heterocycles. The molecule has 106 valence electrons. The second kappa shape index (κ2) is 7.14. The van der Waals surface area contributed by atoms with E-state index in [-0.39, 0.29) is 17.9 Å². The minimum atomic E-state index is -0.470. The largest absolute Gasteiger partial charge is 0.496 e. The van der Waals surface area contributed by atoms with E-state index in [1.54, 1.807) is 7.11 Å². The molecule has 1 aromatic rings. The zero-order valence-corrected chi connectivity index (χ0v) is 12.1. The van der Waals surface area contributed by atoms with Crippen LogP contribution in [0.3, 0.4) is 0 Å². The summed E-state index contributed by atoms with van der Waals surface area (Å²) in [5.41, 5.74) is 6.88. The molecule has 0 aliphatic rings. The van der Waals surface area contributed by atoms with E-state index < -0.39 is 6.04 Å². The van der Waals surface area contributed by atoms with Crippen LogP contribution in [0.15, 0.2) is 24.3 Å². The zero-order valence-electron chi connectivity index (χ0n) is 12.1. The van der Waals surface area contributed by atoms with Crippen LogP contribution in [-0.4, -0.2) is 19.1 Å². The third-order valence-electron chi connectivity index (χ3n) is 3.52. The predicted molar refractivity (Wildman–Crippen MR) is 77.0 cm³/mol. The average molecular weight is 264 g/mol. The normalized spacial score (nSPS) is 15.4. The maximum absolute atomic E-state index is 12.0. The van der Waals surface area contributed by atoms with Gasteiger partial charge in [-0.3, -0.25) is 4.79 Å². The SMILES string of the molecule is CCC(C)C(N)C(=O)N[C@@H](C)c1ccccc1OC. The van der Waals surface area contributed by atoms with Crippen LogP contribution in [0, 0.1) is 5.92 Å². The van der Waals surface area contributed by atoms with Gasteiger partial charge in [-0.2, -0.15) is 0 Å². The number of carbonyl (C=O) groups excluding carboxylic acids is 1. The molecule has 0 heterocycles. The maximum Gasteiger partial charge on any atom is 0.237 e. The maximum atomic E-state index is 12.0. The second-order valence-electron chi connectivity index (χ2n) is 4.88. The van der Waals surface area contributed by atoms with Crippen LogP contribution in [0.1, 0.15) is 38.8 Å². The van der Waals surface area contributed by atoms with Gasteiger partial charge in [0, 0.05) is 5.56 Å². The molecule has 1 aromatic carbocycles. The zero-order chi connectivity index (χ0) is 14.4. The Balaban J connectivity index is 2.74. The van der Waals surface area contributed by atoms with Crippen molar-refractivity contribution in [3.63, 3.8) is 0 Å². The first-order valence-electron chi connectivity index (χ1n) is 6.70. The summed E-state index contributed by atoms with van der Waals surface area (Å²) in [5, 5.41) is 2.94. The molecule has 0 spiro atoms. The Morgan fingerprint density at radius 2 is 2.00 bits per heavy atom. The van der Waals surface area contributed by atoms with E-state index in [1.165, 1.54) is 0 Å². The van der Waals surface area contributed by atoms with Crippen molar-refractivity contribution in [1.82, 2.24) is 5.32 Å². The number of carbonyl (C=O) groups is 1. The quantitative estimate of drug-likeness (QED) is 0.828. The smallest absolute Gasteiger partial charge is 0.237 e. The monoisotopic (exact) mass is 264 g/mol. The molecular weight excluding hydrogens is 240 g/mol. The van der Waals surface area contributed by atoms with Gasteiger partial charge in [-0.05, 0) is 18.9 Å². The van der Waals surface area contributed by atoms with Crippen molar-refractivity contribution < 1.29 is 9.53 Å². The molecule has 1 rings (SSSR count). The number of nitrogens with two attached hydrogens (primary N) is 1. The van der Waals surface area contributed by atoms with Crippen molar-refractivity contribution >= 4 is 5.91 Å². The van der Waals surface area contributed by atoms with Crippen LogP contribution < -0.4 is 15.8 Å². The Kier molecular flexibility index (Phi) is 5.83. The highest BCUT2D eigenvalue weighted by Gasteiger charge is 2.22. The standard InChI is InChI=1S/C15H24N2O2/c1-5-10(2)14(16)15(18)17-11(3)12-8-6-7-9-13(12)19-4/h6-11,14H,5,16H2,1-4H3,(H,17,18)/t10?,11-,14?/m0/s1. The number of methoxy groups -OCH3 is 1. The molecular formula is C15H24N2O2. The number of hydrogen-bond acceptors (Lipinski definition) is 3. The molecule has 4 nitrogen and oxygen atoms in total. The van der Waals surface area contributed by atoms with Crippen LogP contribution in [0.4, 0.5) is 0 Å². The van der Waals surface area contributed by atoms with E-state index in [1.807, 2.05) is 45.0 Å². The van der Waals surface area contributed by atoms with Gasteiger partial charge in [0.15, 0.2) is 0 Å². The van der Waals surface area contributed by atoms with Gasteiger partial charge in [-0.1, -0.05) is 38.5 Å². The second-order valence-corrected chi connectivity index (χ2v) is 4.88. The van der Waals surface area contributed by atoms with Crippen molar-refractivity contribution in [3.8, 4) is 5.75 Å². The molecule has 0 aliphatic heterocycles. The number of hydrogen-bond donors (Lipinski definition) is 2. The summed E-state index contributed by atoms with van der Waals surface area (Å²) in [4.78, 5) is 12.0. The highest BCUT2D eigenvalue weighted by atomic mass is 16.5. The molecule has 0 saturated carbocycles. The fourth-order valence-corrected chi connectivity index (χ4v) is 1.92. The highest BCUT2D eigenvalue weighted by molar-refractivity contribution is 5.82. The molecule has 0 radical (unpaired) electrons. The van der Waals surface area contributed by atoms with E-state index in [9.17, 15) is 4.79 Å². The van der Waals surface area contributed by atoms with Crippen molar-refractivity contribution in [2.45, 2.75) is 39.3 Å². The van der Waals surface area contributed by atoms with Crippen LogP contribution in [0.2, 0.25) is 0 Å². The lowest BCUT2D eigenvalue weighted by Crippen LogP contribution is -2.45. The number of ether oxygens (including phenoxy) is 1. The molecule has 0 bridgehead atoms. The fourth-order valence-electron chi connectivity index (χ4n) is 1.92. The van der Waals surface area contributed by atoms with Gasteiger partial charge in [0.05, 0.1) is 19.2 Å². The van der Waals surface area contributed by atoms with E-state index in [2.05, 4.69) is 5.32 Å². The molecule has 1 amide bonds. The first kappa shape index (κ1) is 15.5. The molecule has 0 aliphatic carbocycles. The number of amides is 1. The first-order chi connectivity index (χ1) is 9.01. The Bertz CT molecular complexity index is 420. The van der Waals surface area contributed by atoms with Crippen molar-refractivity contribution in [2.24, 2.45) is 11.7 Å². The van der Waals surface area contributed by atoms with Gasteiger partial charge in [0.1, 0.15) is 5.75 Å². The number of nitrogens with one attached hydrogen (secondary N) is 1. The Morgan fingerprint density at radius 1 is 1.37 bits per heavy atom. The molecule has 0 fully saturated rings. The van der Waals surface area contributed by atoms with Gasteiger partial charge in [0.25, 0.3) is 0 Å². The first-order valence-corrected chi connectivity index (χ1v) is 6.70. The lowest BCUT2D eigenvalue weighted by molar-refractivity contribution is -0.124. The van der Waals surface area contributed by atoms with Crippen molar-refractivity contribution in [2.75, 3.05) is 7.11 Å². The minimum Gasteiger partial charge on any atom is -0.496 e. The number of para-hydroxylation sites is 1. The summed E-state index contributed by atoms with van der Waals surface area (Å²) >= 11 is 0. The minimum absolute atomic E-state index is 0.118. The molecule has 0 saturated heterocycles. The van der Waals surface area contributed by atoms with E-state index >= 15 is 0 Å². The fraction of sp³-hybridized carbons (Fsp3) is 0.533. The molecule has 3 N–H and O–H groups in total. The lowest BCUT2D eigenvalue weighted by atomic mass is 9.98.